The molecule has 0 aromatic heterocycles. The number of hydrogen-bond acceptors (Lipinski definition) is 3. The Kier molecular flexibility index (Phi) is 2.77. The number of aryl methyl sites for hydroxylation is 1. The molecule has 5 heteroatoms. The molecule has 0 aliphatic rings. The van der Waals surface area contributed by atoms with Gasteiger partial charge >= 0.3 is 5.69 Å². The standard InChI is InChI=1S/C9H7FN2O2/c1-6-4-7(2-3-11)9(12(13)14)8(10)5-6/h4-5H,2H2,1H3. The molecule has 1 rings (SSSR count). The van der Waals surface area contributed by atoms with Crippen LogP contribution in [0.2, 0.25) is 0 Å². The van der Waals surface area contributed by atoms with E-state index in [1.165, 1.54) is 6.07 Å². The van der Waals surface area contributed by atoms with Crippen LogP contribution in [-0.4, -0.2) is 4.92 Å². The van der Waals surface area contributed by atoms with Gasteiger partial charge in [-0.05, 0) is 24.6 Å². The molecule has 0 heterocycles. The molecule has 0 saturated carbocycles. The van der Waals surface area contributed by atoms with Crippen molar-refractivity contribution in [3.8, 4) is 6.07 Å². The third-order valence-electron chi connectivity index (χ3n) is 1.74. The number of nitriles is 1. The third-order valence-corrected chi connectivity index (χ3v) is 1.74. The van der Waals surface area contributed by atoms with Crippen molar-refractivity contribution in [2.75, 3.05) is 0 Å². The number of nitro groups is 1. The Bertz CT molecular complexity index is 424. The first-order valence-electron chi connectivity index (χ1n) is 3.86. The Hall–Kier alpha value is -1.96. The molecule has 4 nitrogen and oxygen atoms in total. The van der Waals surface area contributed by atoms with Crippen LogP contribution in [0.15, 0.2) is 12.1 Å². The van der Waals surface area contributed by atoms with Gasteiger partial charge in [0.1, 0.15) is 0 Å². The van der Waals surface area contributed by atoms with Crippen LogP contribution in [0.25, 0.3) is 0 Å². The summed E-state index contributed by atoms with van der Waals surface area (Å²) in [7, 11) is 0. The van der Waals surface area contributed by atoms with Gasteiger partial charge in [0.15, 0.2) is 0 Å². The normalized spacial score (nSPS) is 9.50. The van der Waals surface area contributed by atoms with Crippen molar-refractivity contribution in [3.63, 3.8) is 0 Å². The molecule has 0 atom stereocenters. The lowest BCUT2D eigenvalue weighted by Gasteiger charge is -2.01. The number of hydrogen-bond donors (Lipinski definition) is 0. The van der Waals surface area contributed by atoms with Crippen molar-refractivity contribution in [2.45, 2.75) is 13.3 Å². The molecule has 0 aliphatic heterocycles. The third kappa shape index (κ3) is 1.85. The van der Waals surface area contributed by atoms with Gasteiger partial charge in [0.05, 0.1) is 17.4 Å². The first-order chi connectivity index (χ1) is 6.56. The van der Waals surface area contributed by atoms with Gasteiger partial charge in [0.2, 0.25) is 5.82 Å². The molecule has 0 saturated heterocycles. The fourth-order valence-corrected chi connectivity index (χ4v) is 1.23. The van der Waals surface area contributed by atoms with Crippen molar-refractivity contribution < 1.29 is 9.31 Å². The van der Waals surface area contributed by atoms with Crippen LogP contribution in [0.4, 0.5) is 10.1 Å². The van der Waals surface area contributed by atoms with Gasteiger partial charge < -0.3 is 0 Å². The Balaban J connectivity index is 3.38. The molecule has 0 N–H and O–H groups in total. The molecule has 14 heavy (non-hydrogen) atoms. The van der Waals surface area contributed by atoms with E-state index in [1.54, 1.807) is 13.0 Å². The second-order valence-electron chi connectivity index (χ2n) is 2.85. The summed E-state index contributed by atoms with van der Waals surface area (Å²) in [6.07, 6.45) is -0.158. The zero-order valence-corrected chi connectivity index (χ0v) is 7.45. The zero-order valence-electron chi connectivity index (χ0n) is 7.45. The minimum Gasteiger partial charge on any atom is -0.258 e. The predicted octanol–water partition coefficient (Wildman–Crippen LogP) is 2.11. The lowest BCUT2D eigenvalue weighted by molar-refractivity contribution is -0.388. The zero-order chi connectivity index (χ0) is 10.7. The first kappa shape index (κ1) is 10.1. The van der Waals surface area contributed by atoms with E-state index in [9.17, 15) is 14.5 Å². The molecule has 0 amide bonds. The topological polar surface area (TPSA) is 66.9 Å². The maximum Gasteiger partial charge on any atom is 0.308 e. The number of rotatable bonds is 2. The maximum atomic E-state index is 13.1. The van der Waals surface area contributed by atoms with E-state index in [1.807, 2.05) is 0 Å². The monoisotopic (exact) mass is 194 g/mol. The Morgan fingerprint density at radius 3 is 2.79 bits per heavy atom. The second-order valence-corrected chi connectivity index (χ2v) is 2.85. The van der Waals surface area contributed by atoms with Crippen LogP contribution < -0.4 is 0 Å². The number of nitrogens with zero attached hydrogens (tertiary/aromatic N) is 2. The SMILES string of the molecule is Cc1cc(F)c([N+](=O)[O-])c(CC#N)c1. The summed E-state index contributed by atoms with van der Waals surface area (Å²) >= 11 is 0. The molecule has 0 spiro atoms. The molecule has 0 fully saturated rings. The highest BCUT2D eigenvalue weighted by Crippen LogP contribution is 2.24. The van der Waals surface area contributed by atoms with Gasteiger partial charge in [-0.3, -0.25) is 10.1 Å². The van der Waals surface area contributed by atoms with E-state index in [2.05, 4.69) is 0 Å². The summed E-state index contributed by atoms with van der Waals surface area (Å²) in [5.74, 6) is -0.889. The van der Waals surface area contributed by atoms with Gasteiger partial charge in [0.25, 0.3) is 0 Å². The van der Waals surface area contributed by atoms with E-state index in [0.717, 1.165) is 6.07 Å². The fourth-order valence-electron chi connectivity index (χ4n) is 1.23. The Morgan fingerprint density at radius 1 is 1.64 bits per heavy atom. The van der Waals surface area contributed by atoms with Gasteiger partial charge in [-0.1, -0.05) is 0 Å². The predicted molar refractivity (Wildman–Crippen MR) is 47.1 cm³/mol. The van der Waals surface area contributed by atoms with E-state index in [0.29, 0.717) is 5.56 Å². The molecule has 1 aromatic rings. The second kappa shape index (κ2) is 3.83. The number of halogens is 1. The molecular formula is C9H7FN2O2. The average molecular weight is 194 g/mol. The molecule has 0 unspecified atom stereocenters. The summed E-state index contributed by atoms with van der Waals surface area (Å²) < 4.78 is 13.1. The average Bonchev–Trinajstić information content (AvgIpc) is 2.01. The highest BCUT2D eigenvalue weighted by molar-refractivity contribution is 5.45. The van der Waals surface area contributed by atoms with E-state index in [-0.39, 0.29) is 12.0 Å². The molecule has 0 radical (unpaired) electrons. The van der Waals surface area contributed by atoms with Gasteiger partial charge in [-0.25, -0.2) is 0 Å². The molecule has 1 aromatic carbocycles. The maximum absolute atomic E-state index is 13.1. The highest BCUT2D eigenvalue weighted by Gasteiger charge is 2.20. The Morgan fingerprint density at radius 2 is 2.29 bits per heavy atom. The summed E-state index contributed by atoms with van der Waals surface area (Å²) in [5.41, 5.74) is 0.0884. The molecule has 72 valence electrons. The van der Waals surface area contributed by atoms with Crippen LogP contribution in [0.1, 0.15) is 11.1 Å². The highest BCUT2D eigenvalue weighted by atomic mass is 19.1. The molecule has 0 aliphatic carbocycles. The molecular weight excluding hydrogens is 187 g/mol. The summed E-state index contributed by atoms with van der Waals surface area (Å²) in [6, 6.07) is 4.29. The number of benzene rings is 1. The van der Waals surface area contributed by atoms with E-state index in [4.69, 9.17) is 5.26 Å². The summed E-state index contributed by atoms with van der Waals surface area (Å²) in [5, 5.41) is 18.9. The van der Waals surface area contributed by atoms with E-state index < -0.39 is 16.4 Å². The van der Waals surface area contributed by atoms with Gasteiger partial charge in [-0.2, -0.15) is 9.65 Å². The number of nitro benzene ring substituents is 1. The van der Waals surface area contributed by atoms with Gasteiger partial charge in [-0.15, -0.1) is 0 Å². The van der Waals surface area contributed by atoms with Crippen LogP contribution in [0, 0.1) is 34.2 Å². The summed E-state index contributed by atoms with van der Waals surface area (Å²) in [4.78, 5) is 9.68. The van der Waals surface area contributed by atoms with Crippen LogP contribution in [0.3, 0.4) is 0 Å². The Labute approximate surface area is 79.7 Å². The van der Waals surface area contributed by atoms with Crippen molar-refractivity contribution in [1.82, 2.24) is 0 Å². The largest absolute Gasteiger partial charge is 0.308 e. The van der Waals surface area contributed by atoms with Crippen molar-refractivity contribution >= 4 is 5.69 Å². The minimum atomic E-state index is -0.889. The minimum absolute atomic E-state index is 0.120. The lowest BCUT2D eigenvalue weighted by atomic mass is 10.1. The first-order valence-corrected chi connectivity index (χ1v) is 3.86. The van der Waals surface area contributed by atoms with Crippen LogP contribution in [0.5, 0.6) is 0 Å². The summed E-state index contributed by atoms with van der Waals surface area (Å²) in [6.45, 7) is 1.62. The fraction of sp³-hybridized carbons (Fsp3) is 0.222. The van der Waals surface area contributed by atoms with Crippen molar-refractivity contribution in [2.24, 2.45) is 0 Å². The van der Waals surface area contributed by atoms with Crippen LogP contribution >= 0.6 is 0 Å². The van der Waals surface area contributed by atoms with Crippen molar-refractivity contribution in [3.05, 3.63) is 39.2 Å². The smallest absolute Gasteiger partial charge is 0.258 e. The quantitative estimate of drug-likeness (QED) is 0.534. The van der Waals surface area contributed by atoms with Crippen molar-refractivity contribution in [1.29, 1.82) is 5.26 Å². The molecule has 0 bridgehead atoms. The van der Waals surface area contributed by atoms with E-state index >= 15 is 0 Å². The van der Waals surface area contributed by atoms with Crippen LogP contribution in [-0.2, 0) is 6.42 Å². The lowest BCUT2D eigenvalue weighted by Crippen LogP contribution is -1.99. The van der Waals surface area contributed by atoms with Gasteiger partial charge in [0, 0.05) is 5.56 Å².